The number of rotatable bonds is 1. The van der Waals surface area contributed by atoms with Gasteiger partial charge in [-0.1, -0.05) is 12.1 Å². The molecule has 2 aromatic carbocycles. The van der Waals surface area contributed by atoms with Crippen LogP contribution in [0.4, 0.5) is 11.4 Å². The minimum absolute atomic E-state index is 0.160. The van der Waals surface area contributed by atoms with E-state index in [-0.39, 0.29) is 5.75 Å². The standard InChI is InChI=1S/C12H12N2O/c13-10-3-1-2-8(4-10)9-5-11(14)7-12(15)6-9/h1-7,15H,13-14H2. The quantitative estimate of drug-likeness (QED) is 0.618. The molecule has 0 bridgehead atoms. The average Bonchev–Trinajstić information content (AvgIpc) is 2.16. The molecule has 0 aromatic heterocycles. The van der Waals surface area contributed by atoms with E-state index >= 15 is 0 Å². The second kappa shape index (κ2) is 3.53. The Labute approximate surface area is 88.0 Å². The Morgan fingerprint density at radius 1 is 0.800 bits per heavy atom. The zero-order valence-corrected chi connectivity index (χ0v) is 8.14. The van der Waals surface area contributed by atoms with Gasteiger partial charge in [-0.2, -0.15) is 0 Å². The highest BCUT2D eigenvalue weighted by Gasteiger charge is 2.01. The summed E-state index contributed by atoms with van der Waals surface area (Å²) in [5, 5.41) is 9.41. The second-order valence-electron chi connectivity index (χ2n) is 3.44. The Bertz CT molecular complexity index is 474. The lowest BCUT2D eigenvalue weighted by molar-refractivity contribution is 0.476. The van der Waals surface area contributed by atoms with Gasteiger partial charge in [0.15, 0.2) is 0 Å². The number of hydrogen-bond acceptors (Lipinski definition) is 3. The summed E-state index contributed by atoms with van der Waals surface area (Å²) in [4.78, 5) is 0. The van der Waals surface area contributed by atoms with Crippen LogP contribution in [0.1, 0.15) is 0 Å². The van der Waals surface area contributed by atoms with Crippen molar-refractivity contribution in [1.82, 2.24) is 0 Å². The summed E-state index contributed by atoms with van der Waals surface area (Å²) < 4.78 is 0. The van der Waals surface area contributed by atoms with Crippen LogP contribution in [0.5, 0.6) is 5.75 Å². The summed E-state index contributed by atoms with van der Waals surface area (Å²) in [7, 11) is 0. The van der Waals surface area contributed by atoms with Gasteiger partial charge in [0.05, 0.1) is 0 Å². The van der Waals surface area contributed by atoms with Crippen molar-refractivity contribution in [1.29, 1.82) is 0 Å². The number of benzene rings is 2. The van der Waals surface area contributed by atoms with Crippen LogP contribution in [0.15, 0.2) is 42.5 Å². The number of phenols is 1. The van der Waals surface area contributed by atoms with Gasteiger partial charge in [-0.05, 0) is 35.4 Å². The zero-order valence-electron chi connectivity index (χ0n) is 8.14. The summed E-state index contributed by atoms with van der Waals surface area (Å²) in [5.41, 5.74) is 14.3. The van der Waals surface area contributed by atoms with E-state index in [0.29, 0.717) is 11.4 Å². The molecule has 0 spiro atoms. The minimum atomic E-state index is 0.160. The molecule has 0 aliphatic carbocycles. The molecule has 0 aliphatic heterocycles. The van der Waals surface area contributed by atoms with Gasteiger partial charge < -0.3 is 16.6 Å². The fourth-order valence-electron chi connectivity index (χ4n) is 1.52. The number of phenolic OH excluding ortho intramolecular Hbond substituents is 1. The van der Waals surface area contributed by atoms with E-state index in [9.17, 15) is 5.11 Å². The zero-order chi connectivity index (χ0) is 10.8. The Kier molecular flexibility index (Phi) is 2.21. The minimum Gasteiger partial charge on any atom is -0.508 e. The summed E-state index contributed by atoms with van der Waals surface area (Å²) in [5.74, 6) is 0.160. The summed E-state index contributed by atoms with van der Waals surface area (Å²) in [6.07, 6.45) is 0. The molecule has 76 valence electrons. The normalized spacial score (nSPS) is 10.1. The molecule has 0 saturated carbocycles. The molecule has 0 fully saturated rings. The van der Waals surface area contributed by atoms with Crippen molar-refractivity contribution in [3.63, 3.8) is 0 Å². The molecule has 0 atom stereocenters. The van der Waals surface area contributed by atoms with Crippen molar-refractivity contribution < 1.29 is 5.11 Å². The third-order valence-electron chi connectivity index (χ3n) is 2.16. The van der Waals surface area contributed by atoms with Crippen molar-refractivity contribution in [3.05, 3.63) is 42.5 Å². The molecule has 0 amide bonds. The first-order valence-electron chi connectivity index (χ1n) is 4.60. The maximum atomic E-state index is 9.41. The van der Waals surface area contributed by atoms with Gasteiger partial charge in [-0.3, -0.25) is 0 Å². The number of nitrogen functional groups attached to an aromatic ring is 2. The van der Waals surface area contributed by atoms with Gasteiger partial charge in [0.2, 0.25) is 0 Å². The molecule has 2 rings (SSSR count). The SMILES string of the molecule is Nc1cccc(-c2cc(N)cc(O)c2)c1. The molecule has 0 heterocycles. The van der Waals surface area contributed by atoms with Crippen LogP contribution in [-0.2, 0) is 0 Å². The first-order chi connectivity index (χ1) is 7.15. The monoisotopic (exact) mass is 200 g/mol. The Balaban J connectivity index is 2.54. The van der Waals surface area contributed by atoms with Crippen molar-refractivity contribution in [3.8, 4) is 16.9 Å². The van der Waals surface area contributed by atoms with E-state index in [1.54, 1.807) is 12.1 Å². The lowest BCUT2D eigenvalue weighted by atomic mass is 10.0. The van der Waals surface area contributed by atoms with Crippen molar-refractivity contribution in [2.75, 3.05) is 11.5 Å². The summed E-state index contributed by atoms with van der Waals surface area (Å²) in [6.45, 7) is 0. The van der Waals surface area contributed by atoms with Crippen molar-refractivity contribution >= 4 is 11.4 Å². The van der Waals surface area contributed by atoms with Crippen molar-refractivity contribution in [2.24, 2.45) is 0 Å². The fourth-order valence-corrected chi connectivity index (χ4v) is 1.52. The Morgan fingerprint density at radius 2 is 1.53 bits per heavy atom. The highest BCUT2D eigenvalue weighted by Crippen LogP contribution is 2.27. The molecule has 15 heavy (non-hydrogen) atoms. The molecular formula is C12H12N2O. The third kappa shape index (κ3) is 2.02. The van der Waals surface area contributed by atoms with Crippen LogP contribution in [0.3, 0.4) is 0 Å². The number of anilines is 2. The number of aromatic hydroxyl groups is 1. The average molecular weight is 200 g/mol. The topological polar surface area (TPSA) is 72.3 Å². The summed E-state index contributed by atoms with van der Waals surface area (Å²) in [6, 6.07) is 12.4. The van der Waals surface area contributed by atoms with E-state index in [4.69, 9.17) is 11.5 Å². The van der Waals surface area contributed by atoms with Crippen LogP contribution >= 0.6 is 0 Å². The van der Waals surface area contributed by atoms with Crippen LogP contribution < -0.4 is 11.5 Å². The fraction of sp³-hybridized carbons (Fsp3) is 0. The van der Waals surface area contributed by atoms with E-state index < -0.39 is 0 Å². The van der Waals surface area contributed by atoms with Crippen LogP contribution in [-0.4, -0.2) is 5.11 Å². The van der Waals surface area contributed by atoms with Gasteiger partial charge in [0.25, 0.3) is 0 Å². The lowest BCUT2D eigenvalue weighted by Gasteiger charge is -2.05. The van der Waals surface area contributed by atoms with Crippen LogP contribution in [0.25, 0.3) is 11.1 Å². The number of nitrogens with two attached hydrogens (primary N) is 2. The van der Waals surface area contributed by atoms with E-state index in [2.05, 4.69) is 0 Å². The molecule has 2 aromatic rings. The first-order valence-corrected chi connectivity index (χ1v) is 4.60. The van der Waals surface area contributed by atoms with E-state index in [1.807, 2.05) is 24.3 Å². The van der Waals surface area contributed by atoms with E-state index in [0.717, 1.165) is 11.1 Å². The largest absolute Gasteiger partial charge is 0.508 e. The van der Waals surface area contributed by atoms with Gasteiger partial charge in [-0.15, -0.1) is 0 Å². The highest BCUT2D eigenvalue weighted by molar-refractivity contribution is 5.71. The van der Waals surface area contributed by atoms with E-state index in [1.165, 1.54) is 6.07 Å². The number of hydrogen-bond donors (Lipinski definition) is 3. The first kappa shape index (κ1) is 9.40. The molecule has 0 unspecified atom stereocenters. The molecule has 0 saturated heterocycles. The third-order valence-corrected chi connectivity index (χ3v) is 2.16. The van der Waals surface area contributed by atoms with Crippen LogP contribution in [0, 0.1) is 0 Å². The molecule has 3 heteroatoms. The van der Waals surface area contributed by atoms with Gasteiger partial charge in [0, 0.05) is 17.4 Å². The molecule has 3 nitrogen and oxygen atoms in total. The molecule has 5 N–H and O–H groups in total. The van der Waals surface area contributed by atoms with Gasteiger partial charge in [0.1, 0.15) is 5.75 Å². The van der Waals surface area contributed by atoms with Gasteiger partial charge >= 0.3 is 0 Å². The van der Waals surface area contributed by atoms with Crippen molar-refractivity contribution in [2.45, 2.75) is 0 Å². The maximum Gasteiger partial charge on any atom is 0.118 e. The smallest absolute Gasteiger partial charge is 0.118 e. The summed E-state index contributed by atoms with van der Waals surface area (Å²) >= 11 is 0. The molecular weight excluding hydrogens is 188 g/mol. The van der Waals surface area contributed by atoms with Gasteiger partial charge in [-0.25, -0.2) is 0 Å². The van der Waals surface area contributed by atoms with Crippen LogP contribution in [0.2, 0.25) is 0 Å². The highest BCUT2D eigenvalue weighted by atomic mass is 16.3. The molecule has 0 radical (unpaired) electrons. The maximum absolute atomic E-state index is 9.41. The lowest BCUT2D eigenvalue weighted by Crippen LogP contribution is -1.88. The Hall–Kier alpha value is -2.16. The second-order valence-corrected chi connectivity index (χ2v) is 3.44. The molecule has 0 aliphatic rings. The Morgan fingerprint density at radius 3 is 2.20 bits per heavy atom. The predicted octanol–water partition coefficient (Wildman–Crippen LogP) is 2.22. The predicted molar refractivity (Wildman–Crippen MR) is 62.4 cm³/mol.